The molecule has 106 valence electrons. The van der Waals surface area contributed by atoms with Gasteiger partial charge in [0.25, 0.3) is 5.91 Å². The quantitative estimate of drug-likeness (QED) is 0.844. The molecule has 0 fully saturated rings. The van der Waals surface area contributed by atoms with E-state index in [0.29, 0.717) is 22.8 Å². The predicted molar refractivity (Wildman–Crippen MR) is 80.6 cm³/mol. The SMILES string of the molecule is CCN(C(=O)c1cc(N)cc(Cl)c1)C(C)CN(C)C. The largest absolute Gasteiger partial charge is 0.399 e. The van der Waals surface area contributed by atoms with Gasteiger partial charge in [-0.05, 0) is 46.1 Å². The first kappa shape index (κ1) is 15.8. The number of benzene rings is 1. The fourth-order valence-corrected chi connectivity index (χ4v) is 2.43. The van der Waals surface area contributed by atoms with Gasteiger partial charge in [-0.3, -0.25) is 4.79 Å². The van der Waals surface area contributed by atoms with Crippen molar-refractivity contribution >= 4 is 23.2 Å². The summed E-state index contributed by atoms with van der Waals surface area (Å²) in [4.78, 5) is 16.4. The third kappa shape index (κ3) is 4.40. The van der Waals surface area contributed by atoms with Gasteiger partial charge in [0.05, 0.1) is 0 Å². The molecule has 1 aromatic carbocycles. The second-order valence-corrected chi connectivity index (χ2v) is 5.41. The van der Waals surface area contributed by atoms with Crippen molar-refractivity contribution in [1.29, 1.82) is 0 Å². The van der Waals surface area contributed by atoms with E-state index in [0.717, 1.165) is 6.54 Å². The van der Waals surface area contributed by atoms with Crippen molar-refractivity contribution in [2.45, 2.75) is 19.9 Å². The molecule has 2 N–H and O–H groups in total. The topological polar surface area (TPSA) is 49.6 Å². The number of nitrogens with zero attached hydrogens (tertiary/aromatic N) is 2. The molecule has 1 rings (SSSR count). The Hall–Kier alpha value is -1.26. The highest BCUT2D eigenvalue weighted by atomic mass is 35.5. The maximum Gasteiger partial charge on any atom is 0.254 e. The monoisotopic (exact) mass is 283 g/mol. The molecule has 1 atom stereocenters. The molecule has 0 aliphatic carbocycles. The number of rotatable bonds is 5. The Kier molecular flexibility index (Phi) is 5.63. The Labute approximate surface area is 120 Å². The van der Waals surface area contributed by atoms with E-state index in [1.807, 2.05) is 32.8 Å². The third-order valence-corrected chi connectivity index (χ3v) is 3.15. The van der Waals surface area contributed by atoms with Crippen LogP contribution >= 0.6 is 11.6 Å². The number of carbonyl (C=O) groups excluding carboxylic acids is 1. The molecule has 0 aliphatic heterocycles. The molecule has 0 radical (unpaired) electrons. The number of halogens is 1. The molecule has 19 heavy (non-hydrogen) atoms. The Morgan fingerprint density at radius 2 is 2.00 bits per heavy atom. The summed E-state index contributed by atoms with van der Waals surface area (Å²) >= 11 is 5.95. The number of hydrogen-bond acceptors (Lipinski definition) is 3. The summed E-state index contributed by atoms with van der Waals surface area (Å²) in [5, 5.41) is 0.486. The van der Waals surface area contributed by atoms with Gasteiger partial charge in [-0.25, -0.2) is 0 Å². The van der Waals surface area contributed by atoms with Crippen molar-refractivity contribution in [1.82, 2.24) is 9.80 Å². The molecular formula is C14H22ClN3O. The standard InChI is InChI=1S/C14H22ClN3O/c1-5-18(10(2)9-17(3)4)14(19)11-6-12(15)8-13(16)7-11/h6-8,10H,5,9,16H2,1-4H3. The summed E-state index contributed by atoms with van der Waals surface area (Å²) in [6.07, 6.45) is 0. The normalized spacial score (nSPS) is 12.5. The first-order valence-corrected chi connectivity index (χ1v) is 6.74. The van der Waals surface area contributed by atoms with E-state index >= 15 is 0 Å². The summed E-state index contributed by atoms with van der Waals surface area (Å²) in [5.41, 5.74) is 6.78. The van der Waals surface area contributed by atoms with Crippen LogP contribution in [0.15, 0.2) is 18.2 Å². The summed E-state index contributed by atoms with van der Waals surface area (Å²) in [6, 6.07) is 5.09. The Balaban J connectivity index is 2.94. The fourth-order valence-electron chi connectivity index (χ4n) is 2.18. The Bertz CT molecular complexity index is 428. The van der Waals surface area contributed by atoms with Crippen LogP contribution < -0.4 is 5.73 Å². The molecule has 0 aromatic heterocycles. The van der Waals surface area contributed by atoms with Gasteiger partial charge in [-0.2, -0.15) is 0 Å². The van der Waals surface area contributed by atoms with Gasteiger partial charge < -0.3 is 15.5 Å². The lowest BCUT2D eigenvalue weighted by molar-refractivity contribution is 0.0679. The van der Waals surface area contributed by atoms with Crippen LogP contribution in [-0.2, 0) is 0 Å². The first-order valence-electron chi connectivity index (χ1n) is 6.37. The molecule has 0 bridgehead atoms. The van der Waals surface area contributed by atoms with Crippen LogP contribution in [0, 0.1) is 0 Å². The molecule has 0 saturated carbocycles. The van der Waals surface area contributed by atoms with Gasteiger partial charge in [0.15, 0.2) is 0 Å². The number of carbonyl (C=O) groups is 1. The first-order chi connectivity index (χ1) is 8.85. The lowest BCUT2D eigenvalue weighted by atomic mass is 10.1. The van der Waals surface area contributed by atoms with Crippen molar-refractivity contribution in [2.75, 3.05) is 32.9 Å². The van der Waals surface area contributed by atoms with Crippen molar-refractivity contribution in [2.24, 2.45) is 0 Å². The van der Waals surface area contributed by atoms with Gasteiger partial charge in [0, 0.05) is 35.4 Å². The van der Waals surface area contributed by atoms with Crippen molar-refractivity contribution in [3.8, 4) is 0 Å². The van der Waals surface area contributed by atoms with Gasteiger partial charge in [-0.1, -0.05) is 11.6 Å². The maximum absolute atomic E-state index is 12.5. The van der Waals surface area contributed by atoms with E-state index in [-0.39, 0.29) is 11.9 Å². The average molecular weight is 284 g/mol. The van der Waals surface area contributed by atoms with Crippen LogP contribution in [-0.4, -0.2) is 48.9 Å². The fraction of sp³-hybridized carbons (Fsp3) is 0.500. The second-order valence-electron chi connectivity index (χ2n) is 4.98. The highest BCUT2D eigenvalue weighted by molar-refractivity contribution is 6.31. The summed E-state index contributed by atoms with van der Waals surface area (Å²) < 4.78 is 0. The van der Waals surface area contributed by atoms with E-state index in [1.54, 1.807) is 18.2 Å². The molecule has 0 spiro atoms. The van der Waals surface area contributed by atoms with Gasteiger partial charge in [0.1, 0.15) is 0 Å². The summed E-state index contributed by atoms with van der Waals surface area (Å²) in [6.45, 7) is 5.48. The molecule has 0 saturated heterocycles. The molecule has 0 heterocycles. The van der Waals surface area contributed by atoms with Crippen molar-refractivity contribution in [3.05, 3.63) is 28.8 Å². The van der Waals surface area contributed by atoms with Crippen LogP contribution in [0.2, 0.25) is 5.02 Å². The van der Waals surface area contributed by atoms with Crippen molar-refractivity contribution < 1.29 is 4.79 Å². The molecule has 1 unspecified atom stereocenters. The van der Waals surface area contributed by atoms with E-state index in [9.17, 15) is 4.79 Å². The Morgan fingerprint density at radius 1 is 1.37 bits per heavy atom. The zero-order chi connectivity index (χ0) is 14.6. The zero-order valence-electron chi connectivity index (χ0n) is 12.0. The number of hydrogen-bond donors (Lipinski definition) is 1. The van der Waals surface area contributed by atoms with E-state index in [1.165, 1.54) is 0 Å². The lowest BCUT2D eigenvalue weighted by Crippen LogP contribution is -2.43. The molecule has 1 aromatic rings. The number of nitrogens with two attached hydrogens (primary N) is 1. The number of amides is 1. The van der Waals surface area contributed by atoms with Crippen LogP contribution in [0.1, 0.15) is 24.2 Å². The van der Waals surface area contributed by atoms with Gasteiger partial charge in [0.2, 0.25) is 0 Å². The molecule has 4 nitrogen and oxygen atoms in total. The van der Waals surface area contributed by atoms with Crippen LogP contribution in [0.5, 0.6) is 0 Å². The predicted octanol–water partition coefficient (Wildman–Crippen LogP) is 2.33. The third-order valence-electron chi connectivity index (χ3n) is 2.93. The van der Waals surface area contributed by atoms with Gasteiger partial charge in [-0.15, -0.1) is 0 Å². The van der Waals surface area contributed by atoms with E-state index < -0.39 is 0 Å². The smallest absolute Gasteiger partial charge is 0.254 e. The summed E-state index contributed by atoms with van der Waals surface area (Å²) in [7, 11) is 3.98. The number of nitrogen functional groups attached to an aromatic ring is 1. The Morgan fingerprint density at radius 3 is 2.47 bits per heavy atom. The molecule has 1 amide bonds. The van der Waals surface area contributed by atoms with Crippen LogP contribution in [0.4, 0.5) is 5.69 Å². The van der Waals surface area contributed by atoms with E-state index in [2.05, 4.69) is 4.90 Å². The number of anilines is 1. The van der Waals surface area contributed by atoms with Crippen LogP contribution in [0.25, 0.3) is 0 Å². The zero-order valence-corrected chi connectivity index (χ0v) is 12.7. The van der Waals surface area contributed by atoms with Crippen molar-refractivity contribution in [3.63, 3.8) is 0 Å². The highest BCUT2D eigenvalue weighted by Gasteiger charge is 2.20. The van der Waals surface area contributed by atoms with Crippen LogP contribution in [0.3, 0.4) is 0 Å². The molecule has 0 aliphatic rings. The number of likely N-dealkylation sites (N-methyl/N-ethyl adjacent to an activating group) is 2. The minimum Gasteiger partial charge on any atom is -0.399 e. The minimum absolute atomic E-state index is 0.0361. The van der Waals surface area contributed by atoms with Gasteiger partial charge >= 0.3 is 0 Å². The highest BCUT2D eigenvalue weighted by Crippen LogP contribution is 2.19. The minimum atomic E-state index is -0.0361. The second kappa shape index (κ2) is 6.78. The maximum atomic E-state index is 12.5. The summed E-state index contributed by atoms with van der Waals surface area (Å²) in [5.74, 6) is -0.0361. The lowest BCUT2D eigenvalue weighted by Gasteiger charge is -2.30. The molecular weight excluding hydrogens is 262 g/mol. The van der Waals surface area contributed by atoms with E-state index in [4.69, 9.17) is 17.3 Å². The molecule has 5 heteroatoms. The average Bonchev–Trinajstić information content (AvgIpc) is 2.27.